The van der Waals surface area contributed by atoms with E-state index in [1.54, 1.807) is 0 Å². The van der Waals surface area contributed by atoms with Crippen LogP contribution >= 0.6 is 0 Å². The molecule has 0 unspecified atom stereocenters. The standard InChI is InChI=1S/C15H22N4O5/c1-7(2)6-23-16-9-8-4-5-18-14(21)17(3)15(22)19(18)10(8)11(20)13-12(9)24-13/h7-8,10-13,20H,4-6H2,1-3H3/t8-,10-,11+,12-,13+/m1/s1. The first-order valence-corrected chi connectivity index (χ1v) is 8.33. The van der Waals surface area contributed by atoms with Gasteiger partial charge in [0.25, 0.3) is 0 Å². The number of rotatable bonds is 3. The van der Waals surface area contributed by atoms with E-state index in [4.69, 9.17) is 9.57 Å². The summed E-state index contributed by atoms with van der Waals surface area (Å²) in [5.74, 6) is 0.180. The SMILES string of the molecule is CC(C)CON=C1[C@H]2CCn3c(=O)n(C)c(=O)n3[C@H]2[C@H](O)[C@@H]2O[C@H]12. The maximum absolute atomic E-state index is 12.4. The highest BCUT2D eigenvalue weighted by molar-refractivity contribution is 5.94. The van der Waals surface area contributed by atoms with Crippen molar-refractivity contribution < 1.29 is 14.7 Å². The van der Waals surface area contributed by atoms with Crippen LogP contribution in [0.3, 0.4) is 0 Å². The third-order valence-corrected chi connectivity index (χ3v) is 5.06. The van der Waals surface area contributed by atoms with E-state index in [1.807, 2.05) is 13.8 Å². The molecule has 9 nitrogen and oxygen atoms in total. The summed E-state index contributed by atoms with van der Waals surface area (Å²) in [4.78, 5) is 30.0. The summed E-state index contributed by atoms with van der Waals surface area (Å²) in [5, 5.41) is 14.9. The van der Waals surface area contributed by atoms with Gasteiger partial charge in [0.05, 0.1) is 11.8 Å². The van der Waals surface area contributed by atoms with Gasteiger partial charge in [-0.05, 0) is 12.3 Å². The molecule has 0 bridgehead atoms. The van der Waals surface area contributed by atoms with Crippen molar-refractivity contribution in [2.45, 2.75) is 51.2 Å². The molecule has 0 radical (unpaired) electrons. The summed E-state index contributed by atoms with van der Waals surface area (Å²) in [6, 6.07) is -0.551. The summed E-state index contributed by atoms with van der Waals surface area (Å²) in [6.07, 6.45) is -0.857. The van der Waals surface area contributed by atoms with Crippen LogP contribution in [0.25, 0.3) is 0 Å². The van der Waals surface area contributed by atoms with Crippen LogP contribution in [0, 0.1) is 11.8 Å². The summed E-state index contributed by atoms with van der Waals surface area (Å²) in [7, 11) is 1.45. The molecule has 3 aliphatic rings. The van der Waals surface area contributed by atoms with Crippen molar-refractivity contribution in [3.8, 4) is 0 Å². The minimum Gasteiger partial charge on any atom is -0.395 e. The highest BCUT2D eigenvalue weighted by Gasteiger charge is 2.61. The Kier molecular flexibility index (Phi) is 3.47. The molecular formula is C15H22N4O5. The quantitative estimate of drug-likeness (QED) is 0.567. The maximum Gasteiger partial charge on any atom is 0.347 e. The van der Waals surface area contributed by atoms with E-state index in [2.05, 4.69) is 5.16 Å². The van der Waals surface area contributed by atoms with Crippen molar-refractivity contribution in [1.82, 2.24) is 13.9 Å². The average molecular weight is 338 g/mol. The van der Waals surface area contributed by atoms with Crippen molar-refractivity contribution in [1.29, 1.82) is 0 Å². The van der Waals surface area contributed by atoms with E-state index in [0.29, 0.717) is 25.5 Å². The molecule has 0 spiro atoms. The molecule has 3 heterocycles. The number of hydrogen-bond donors (Lipinski definition) is 1. The number of epoxide rings is 1. The van der Waals surface area contributed by atoms with Crippen molar-refractivity contribution in [3.63, 3.8) is 0 Å². The number of fused-ring (bicyclic) bond motifs is 4. The number of aliphatic hydroxyl groups is 1. The fourth-order valence-electron chi connectivity index (χ4n) is 3.81. The van der Waals surface area contributed by atoms with Gasteiger partial charge in [0.15, 0.2) is 0 Å². The van der Waals surface area contributed by atoms with Gasteiger partial charge < -0.3 is 14.7 Å². The van der Waals surface area contributed by atoms with Crippen LogP contribution in [-0.2, 0) is 23.2 Å². The lowest BCUT2D eigenvalue weighted by Gasteiger charge is -2.38. The molecule has 132 valence electrons. The van der Waals surface area contributed by atoms with Gasteiger partial charge in [-0.25, -0.2) is 23.5 Å². The summed E-state index contributed by atoms with van der Waals surface area (Å²) >= 11 is 0. The molecule has 24 heavy (non-hydrogen) atoms. The lowest BCUT2D eigenvalue weighted by molar-refractivity contribution is 0.0319. The molecule has 4 rings (SSSR count). The Morgan fingerprint density at radius 1 is 1.38 bits per heavy atom. The second kappa shape index (κ2) is 5.32. The fraction of sp³-hybridized carbons (Fsp3) is 0.800. The molecule has 0 aromatic carbocycles. The van der Waals surface area contributed by atoms with E-state index in [0.717, 1.165) is 10.3 Å². The van der Waals surface area contributed by atoms with Crippen LogP contribution in [0.1, 0.15) is 26.3 Å². The molecule has 2 fully saturated rings. The van der Waals surface area contributed by atoms with E-state index < -0.39 is 17.8 Å². The highest BCUT2D eigenvalue weighted by Crippen LogP contribution is 2.46. The van der Waals surface area contributed by atoms with Crippen LogP contribution < -0.4 is 11.4 Å². The number of ether oxygens (including phenoxy) is 1. The topological polar surface area (TPSA) is 103 Å². The highest BCUT2D eigenvalue weighted by atomic mass is 16.6. The Morgan fingerprint density at radius 2 is 2.12 bits per heavy atom. The van der Waals surface area contributed by atoms with Crippen LogP contribution in [0.5, 0.6) is 0 Å². The van der Waals surface area contributed by atoms with Crippen LogP contribution in [0.4, 0.5) is 0 Å². The molecule has 1 saturated heterocycles. The zero-order valence-corrected chi connectivity index (χ0v) is 14.0. The Bertz CT molecular complexity index is 804. The molecule has 1 aromatic rings. The second-order valence-corrected chi connectivity index (χ2v) is 7.20. The first-order chi connectivity index (χ1) is 11.4. The van der Waals surface area contributed by atoms with Gasteiger partial charge in [-0.2, -0.15) is 0 Å². The van der Waals surface area contributed by atoms with Gasteiger partial charge in [-0.15, -0.1) is 0 Å². The molecule has 9 heteroatoms. The smallest absolute Gasteiger partial charge is 0.347 e. The Balaban J connectivity index is 1.74. The van der Waals surface area contributed by atoms with Crippen LogP contribution in [0.2, 0.25) is 0 Å². The Hall–Kier alpha value is -1.87. The zero-order valence-electron chi connectivity index (χ0n) is 14.0. The Labute approximate surface area is 138 Å². The number of nitrogens with zero attached hydrogens (tertiary/aromatic N) is 4. The summed E-state index contributed by atoms with van der Waals surface area (Å²) < 4.78 is 9.42. The molecule has 1 saturated carbocycles. The normalized spacial score (nSPS) is 35.5. The molecule has 1 aliphatic carbocycles. The molecule has 2 aliphatic heterocycles. The molecule has 5 atom stereocenters. The third kappa shape index (κ3) is 2.11. The van der Waals surface area contributed by atoms with Crippen molar-refractivity contribution in [3.05, 3.63) is 21.0 Å². The predicted octanol–water partition coefficient (Wildman–Crippen LogP) is -0.920. The predicted molar refractivity (Wildman–Crippen MR) is 84.0 cm³/mol. The van der Waals surface area contributed by atoms with Gasteiger partial charge in [0.2, 0.25) is 0 Å². The summed E-state index contributed by atoms with van der Waals surface area (Å²) in [5.41, 5.74) is -0.0419. The number of hydrogen-bond acceptors (Lipinski definition) is 6. The number of aliphatic hydroxyl groups excluding tert-OH is 1. The van der Waals surface area contributed by atoms with E-state index >= 15 is 0 Å². The first-order valence-electron chi connectivity index (χ1n) is 8.33. The van der Waals surface area contributed by atoms with E-state index in [1.165, 1.54) is 16.4 Å². The Morgan fingerprint density at radius 3 is 2.83 bits per heavy atom. The van der Waals surface area contributed by atoms with Crippen LogP contribution in [0.15, 0.2) is 14.7 Å². The molecular weight excluding hydrogens is 316 g/mol. The molecule has 1 N–H and O–H groups in total. The number of aromatic nitrogens is 3. The lowest BCUT2D eigenvalue weighted by atomic mass is 9.78. The maximum atomic E-state index is 12.4. The minimum atomic E-state index is -0.838. The molecule has 1 aromatic heterocycles. The summed E-state index contributed by atoms with van der Waals surface area (Å²) in [6.45, 7) is 4.97. The van der Waals surface area contributed by atoms with Crippen molar-refractivity contribution in [2.75, 3.05) is 6.61 Å². The van der Waals surface area contributed by atoms with Crippen molar-refractivity contribution in [2.24, 2.45) is 24.0 Å². The monoisotopic (exact) mass is 338 g/mol. The third-order valence-electron chi connectivity index (χ3n) is 5.06. The van der Waals surface area contributed by atoms with Crippen LogP contribution in [-0.4, -0.2) is 49.7 Å². The minimum absolute atomic E-state index is 0.171. The largest absolute Gasteiger partial charge is 0.395 e. The second-order valence-electron chi connectivity index (χ2n) is 7.20. The fourth-order valence-corrected chi connectivity index (χ4v) is 3.81. The zero-order chi connectivity index (χ0) is 17.2. The van der Waals surface area contributed by atoms with E-state index in [-0.39, 0.29) is 23.8 Å². The first kappa shape index (κ1) is 15.6. The lowest BCUT2D eigenvalue weighted by Crippen LogP contribution is -2.53. The van der Waals surface area contributed by atoms with Crippen molar-refractivity contribution >= 4 is 5.71 Å². The van der Waals surface area contributed by atoms with Gasteiger partial charge in [0.1, 0.15) is 24.9 Å². The average Bonchev–Trinajstić information content (AvgIpc) is 3.31. The van der Waals surface area contributed by atoms with Gasteiger partial charge in [0, 0.05) is 19.5 Å². The van der Waals surface area contributed by atoms with Gasteiger partial charge in [-0.3, -0.25) is 0 Å². The number of oxime groups is 1. The van der Waals surface area contributed by atoms with Gasteiger partial charge >= 0.3 is 11.4 Å². The van der Waals surface area contributed by atoms with Gasteiger partial charge in [-0.1, -0.05) is 19.0 Å². The molecule has 0 amide bonds. The van der Waals surface area contributed by atoms with E-state index in [9.17, 15) is 14.7 Å².